The predicted octanol–water partition coefficient (Wildman–Crippen LogP) is 3.55. The van der Waals surface area contributed by atoms with Crippen molar-refractivity contribution in [1.82, 2.24) is 19.7 Å². The number of nitrogens with one attached hydrogen (secondary N) is 1. The molecule has 2 aromatic heterocycles. The molecule has 192 valence electrons. The van der Waals surface area contributed by atoms with Crippen LogP contribution in [-0.2, 0) is 22.3 Å². The highest BCUT2D eigenvalue weighted by atomic mass is 19.4. The topological polar surface area (TPSA) is 98.6 Å². The Balaban J connectivity index is 1.40. The minimum absolute atomic E-state index is 0.0404. The average molecular weight is 505 g/mol. The summed E-state index contributed by atoms with van der Waals surface area (Å²) >= 11 is 0. The normalized spacial score (nSPS) is 11.1. The zero-order chi connectivity index (χ0) is 26.1. The number of likely N-dealkylation sites (N-methyl/N-ethyl adjacent to an activating group) is 1. The van der Waals surface area contributed by atoms with Crippen molar-refractivity contribution >= 4 is 17.5 Å². The third kappa shape index (κ3) is 8.00. The Labute approximate surface area is 205 Å². The summed E-state index contributed by atoms with van der Waals surface area (Å²) in [4.78, 5) is 29.3. The molecular weight excluding hydrogens is 479 g/mol. The number of ether oxygens (including phenoxy) is 2. The van der Waals surface area contributed by atoms with Gasteiger partial charge in [0.15, 0.2) is 5.69 Å². The minimum Gasteiger partial charge on any atom is -0.492 e. The van der Waals surface area contributed by atoms with Crippen LogP contribution in [0.2, 0.25) is 0 Å². The second kappa shape index (κ2) is 12.0. The lowest BCUT2D eigenvalue weighted by molar-refractivity contribution is -0.142. The number of alkyl halides is 3. The molecule has 3 aromatic rings. The molecule has 0 spiro atoms. The number of nitrogens with zero attached hydrogens (tertiary/aromatic N) is 4. The van der Waals surface area contributed by atoms with Gasteiger partial charge in [-0.25, -0.2) is 4.98 Å². The average Bonchev–Trinajstić information content (AvgIpc) is 3.26. The number of anilines is 1. The first kappa shape index (κ1) is 26.5. The van der Waals surface area contributed by atoms with Gasteiger partial charge in [-0.05, 0) is 31.2 Å². The Morgan fingerprint density at radius 1 is 1.11 bits per heavy atom. The highest BCUT2D eigenvalue weighted by Crippen LogP contribution is 2.34. The molecule has 2 amide bonds. The van der Waals surface area contributed by atoms with Crippen LogP contribution in [0.3, 0.4) is 0 Å². The number of hydrogen-bond acceptors (Lipinski definition) is 6. The van der Waals surface area contributed by atoms with Crippen LogP contribution in [0, 0.1) is 6.92 Å². The molecule has 0 unspecified atom stereocenters. The second-order valence-corrected chi connectivity index (χ2v) is 7.90. The number of carbonyl (C=O) groups is 2. The molecule has 1 aromatic carbocycles. The molecule has 0 atom stereocenters. The van der Waals surface area contributed by atoms with Crippen LogP contribution in [0.5, 0.6) is 11.5 Å². The van der Waals surface area contributed by atoms with Crippen molar-refractivity contribution in [2.24, 2.45) is 0 Å². The maximum Gasteiger partial charge on any atom is 0.437 e. The van der Waals surface area contributed by atoms with Gasteiger partial charge >= 0.3 is 6.18 Å². The van der Waals surface area contributed by atoms with Crippen LogP contribution in [0.15, 0.2) is 55.0 Å². The first-order valence-electron chi connectivity index (χ1n) is 11.0. The Morgan fingerprint density at radius 2 is 1.86 bits per heavy atom. The molecule has 3 rings (SSSR count). The molecular formula is C24H26F3N5O4. The zero-order valence-electron chi connectivity index (χ0n) is 19.8. The molecule has 0 radical (unpaired) electrons. The van der Waals surface area contributed by atoms with Gasteiger partial charge in [-0.2, -0.15) is 18.3 Å². The molecule has 2 heterocycles. The number of pyridine rings is 1. The quantitative estimate of drug-likeness (QED) is 0.428. The van der Waals surface area contributed by atoms with Crippen molar-refractivity contribution in [3.05, 3.63) is 66.2 Å². The molecule has 0 aliphatic rings. The van der Waals surface area contributed by atoms with Crippen molar-refractivity contribution in [3.63, 3.8) is 0 Å². The minimum atomic E-state index is -4.66. The van der Waals surface area contributed by atoms with Crippen LogP contribution in [0.25, 0.3) is 0 Å². The van der Waals surface area contributed by atoms with Gasteiger partial charge in [0.2, 0.25) is 11.8 Å². The molecule has 12 heteroatoms. The van der Waals surface area contributed by atoms with Gasteiger partial charge in [0.25, 0.3) is 0 Å². The van der Waals surface area contributed by atoms with Crippen LogP contribution < -0.4 is 14.8 Å². The summed E-state index contributed by atoms with van der Waals surface area (Å²) in [7, 11) is 1.65. The summed E-state index contributed by atoms with van der Waals surface area (Å²) in [5.41, 5.74) is 0.320. The van der Waals surface area contributed by atoms with Crippen molar-refractivity contribution in [2.75, 3.05) is 32.1 Å². The predicted molar refractivity (Wildman–Crippen MR) is 125 cm³/mol. The second-order valence-electron chi connectivity index (χ2n) is 7.90. The van der Waals surface area contributed by atoms with Crippen molar-refractivity contribution in [2.45, 2.75) is 26.1 Å². The van der Waals surface area contributed by atoms with E-state index in [0.29, 0.717) is 18.8 Å². The van der Waals surface area contributed by atoms with E-state index in [2.05, 4.69) is 15.4 Å². The molecule has 0 saturated carbocycles. The number of aryl methyl sites for hydroxylation is 1. The summed E-state index contributed by atoms with van der Waals surface area (Å²) in [6.45, 7) is 2.38. The summed E-state index contributed by atoms with van der Waals surface area (Å²) in [5, 5.41) is 6.62. The van der Waals surface area contributed by atoms with Crippen LogP contribution in [-0.4, -0.2) is 58.3 Å². The monoisotopic (exact) mass is 505 g/mol. The van der Waals surface area contributed by atoms with Crippen molar-refractivity contribution in [3.8, 4) is 11.5 Å². The van der Waals surface area contributed by atoms with E-state index in [1.54, 1.807) is 7.05 Å². The van der Waals surface area contributed by atoms with Gasteiger partial charge in [0, 0.05) is 19.4 Å². The van der Waals surface area contributed by atoms with E-state index in [1.807, 2.05) is 31.2 Å². The Kier molecular flexibility index (Phi) is 8.87. The number of rotatable bonds is 11. The largest absolute Gasteiger partial charge is 0.492 e. The highest BCUT2D eigenvalue weighted by Gasteiger charge is 2.36. The maximum atomic E-state index is 12.9. The number of carbonyl (C=O) groups excluding carboxylic acids is 2. The third-order valence-electron chi connectivity index (χ3n) is 4.98. The Hall–Kier alpha value is -4.09. The summed E-state index contributed by atoms with van der Waals surface area (Å²) in [6, 6.07) is 10.1. The van der Waals surface area contributed by atoms with E-state index in [1.165, 1.54) is 28.0 Å². The molecule has 0 fully saturated rings. The van der Waals surface area contributed by atoms with E-state index in [4.69, 9.17) is 9.47 Å². The lowest BCUT2D eigenvalue weighted by atomic mass is 10.2. The number of halogens is 3. The van der Waals surface area contributed by atoms with E-state index in [-0.39, 0.29) is 25.5 Å². The van der Waals surface area contributed by atoms with Crippen LogP contribution >= 0.6 is 0 Å². The van der Waals surface area contributed by atoms with Gasteiger partial charge < -0.3 is 19.7 Å². The Bertz CT molecular complexity index is 1170. The van der Waals surface area contributed by atoms with E-state index in [9.17, 15) is 22.8 Å². The van der Waals surface area contributed by atoms with E-state index >= 15 is 0 Å². The fraction of sp³-hybridized carbons (Fsp3) is 0.333. The molecule has 9 nitrogen and oxygen atoms in total. The molecule has 36 heavy (non-hydrogen) atoms. The van der Waals surface area contributed by atoms with Crippen LogP contribution in [0.4, 0.5) is 18.9 Å². The fourth-order valence-corrected chi connectivity index (χ4v) is 3.03. The molecule has 0 saturated heterocycles. The number of aromatic nitrogens is 3. The number of benzene rings is 1. The highest BCUT2D eigenvalue weighted by molar-refractivity contribution is 5.90. The van der Waals surface area contributed by atoms with Crippen molar-refractivity contribution < 1.29 is 32.2 Å². The first-order valence-corrected chi connectivity index (χ1v) is 11.0. The third-order valence-corrected chi connectivity index (χ3v) is 4.98. The summed E-state index contributed by atoms with van der Waals surface area (Å²) < 4.78 is 50.9. The van der Waals surface area contributed by atoms with E-state index < -0.39 is 23.5 Å². The smallest absolute Gasteiger partial charge is 0.437 e. The summed E-state index contributed by atoms with van der Waals surface area (Å²) in [5.74, 6) is -0.407. The lowest BCUT2D eigenvalue weighted by Crippen LogP contribution is -2.33. The van der Waals surface area contributed by atoms with Gasteiger partial charge in [-0.15, -0.1) is 0 Å². The molecule has 0 aliphatic carbocycles. The standard InChI is InChI=1S/C24H26F3N5O4/c1-17-5-7-19(8-6-17)35-13-11-31(2)22(34)16-32-15-18(14-29-32)30-21(33)9-12-36-20-4-3-10-28-23(20)24(25,26)27/h3-8,10,14-15H,9,11-13,16H2,1-2H3,(H,30,33). The Morgan fingerprint density at radius 3 is 2.58 bits per heavy atom. The number of amides is 2. The molecule has 0 bridgehead atoms. The zero-order valence-corrected chi connectivity index (χ0v) is 19.8. The first-order chi connectivity index (χ1) is 17.1. The van der Waals surface area contributed by atoms with Crippen LogP contribution in [0.1, 0.15) is 17.7 Å². The fourth-order valence-electron chi connectivity index (χ4n) is 3.03. The van der Waals surface area contributed by atoms with Crippen molar-refractivity contribution in [1.29, 1.82) is 0 Å². The maximum absolute atomic E-state index is 12.9. The SMILES string of the molecule is Cc1ccc(OCCN(C)C(=O)Cn2cc(NC(=O)CCOc3cccnc3C(F)(F)F)cn2)cc1. The summed E-state index contributed by atoms with van der Waals surface area (Å²) in [6.07, 6.45) is -0.986. The molecule has 1 N–H and O–H groups in total. The molecule has 0 aliphatic heterocycles. The van der Waals surface area contributed by atoms with E-state index in [0.717, 1.165) is 23.6 Å². The van der Waals surface area contributed by atoms with Gasteiger partial charge in [0.1, 0.15) is 24.7 Å². The van der Waals surface area contributed by atoms with Gasteiger partial charge in [0.05, 0.1) is 31.5 Å². The lowest BCUT2D eigenvalue weighted by Gasteiger charge is -2.17. The van der Waals surface area contributed by atoms with Gasteiger partial charge in [-0.3, -0.25) is 14.3 Å². The number of hydrogen-bond donors (Lipinski definition) is 1. The van der Waals surface area contributed by atoms with Gasteiger partial charge in [-0.1, -0.05) is 17.7 Å².